The van der Waals surface area contributed by atoms with E-state index in [4.69, 9.17) is 0 Å². The van der Waals surface area contributed by atoms with Crippen LogP contribution in [0.3, 0.4) is 0 Å². The highest BCUT2D eigenvalue weighted by molar-refractivity contribution is 5.94. The normalized spacial score (nSPS) is 11.2. The van der Waals surface area contributed by atoms with E-state index in [2.05, 4.69) is 38.2 Å². The number of benzene rings is 1. The van der Waals surface area contributed by atoms with Crippen LogP contribution in [-0.2, 0) is 0 Å². The first-order valence-corrected chi connectivity index (χ1v) is 7.20. The molecule has 2 heteroatoms. The molecule has 0 bridgehead atoms. The average Bonchev–Trinajstić information content (AvgIpc) is 2.41. The van der Waals surface area contributed by atoms with Crippen LogP contribution in [0.4, 0.5) is 0 Å². The summed E-state index contributed by atoms with van der Waals surface area (Å²) in [4.78, 5) is 11.9. The van der Waals surface area contributed by atoms with Crippen LogP contribution in [0, 0.1) is 5.92 Å². The molecule has 1 aromatic carbocycles. The number of nitrogens with one attached hydrogen (secondary N) is 1. The zero-order valence-corrected chi connectivity index (χ0v) is 12.3. The fourth-order valence-electron chi connectivity index (χ4n) is 1.73. The minimum absolute atomic E-state index is 0.0236. The van der Waals surface area contributed by atoms with Crippen LogP contribution in [0.15, 0.2) is 30.3 Å². The van der Waals surface area contributed by atoms with Crippen molar-refractivity contribution in [3.8, 4) is 0 Å². The zero-order valence-electron chi connectivity index (χ0n) is 12.3. The SMILES string of the molecule is CCCCCNC(=O)c1ccc(C=CC(C)C)cc1. The van der Waals surface area contributed by atoms with E-state index in [1.807, 2.05) is 24.3 Å². The Kier molecular flexibility index (Phi) is 6.94. The molecule has 19 heavy (non-hydrogen) atoms. The molecule has 2 nitrogen and oxygen atoms in total. The van der Waals surface area contributed by atoms with E-state index in [1.54, 1.807) is 0 Å². The Morgan fingerprint density at radius 1 is 1.21 bits per heavy atom. The molecule has 0 heterocycles. The van der Waals surface area contributed by atoms with Gasteiger partial charge < -0.3 is 5.32 Å². The third kappa shape index (κ3) is 6.23. The Labute approximate surface area is 116 Å². The molecule has 0 aliphatic carbocycles. The summed E-state index contributed by atoms with van der Waals surface area (Å²) in [6, 6.07) is 7.74. The zero-order chi connectivity index (χ0) is 14.1. The lowest BCUT2D eigenvalue weighted by molar-refractivity contribution is 0.0953. The Hall–Kier alpha value is -1.57. The van der Waals surface area contributed by atoms with Gasteiger partial charge in [-0.1, -0.05) is 57.9 Å². The van der Waals surface area contributed by atoms with Crippen molar-refractivity contribution in [1.82, 2.24) is 5.32 Å². The second-order valence-corrected chi connectivity index (χ2v) is 5.19. The molecule has 0 fully saturated rings. The molecule has 0 aromatic heterocycles. The van der Waals surface area contributed by atoms with Crippen LogP contribution in [0.5, 0.6) is 0 Å². The minimum atomic E-state index is 0.0236. The summed E-state index contributed by atoms with van der Waals surface area (Å²) in [7, 11) is 0. The molecule has 0 spiro atoms. The minimum Gasteiger partial charge on any atom is -0.352 e. The fourth-order valence-corrected chi connectivity index (χ4v) is 1.73. The summed E-state index contributed by atoms with van der Waals surface area (Å²) in [5.41, 5.74) is 1.87. The van der Waals surface area contributed by atoms with Crippen molar-refractivity contribution in [2.75, 3.05) is 6.54 Å². The van der Waals surface area contributed by atoms with Gasteiger partial charge in [0.05, 0.1) is 0 Å². The molecule has 1 N–H and O–H groups in total. The molecule has 0 saturated carbocycles. The van der Waals surface area contributed by atoms with E-state index in [0.29, 0.717) is 5.92 Å². The summed E-state index contributed by atoms with van der Waals surface area (Å²) < 4.78 is 0. The average molecular weight is 259 g/mol. The van der Waals surface area contributed by atoms with Gasteiger partial charge in [-0.3, -0.25) is 4.79 Å². The maximum atomic E-state index is 11.9. The van der Waals surface area contributed by atoms with Crippen molar-refractivity contribution in [3.63, 3.8) is 0 Å². The number of allylic oxidation sites excluding steroid dienone is 1. The second-order valence-electron chi connectivity index (χ2n) is 5.19. The molecule has 0 unspecified atom stereocenters. The smallest absolute Gasteiger partial charge is 0.251 e. The van der Waals surface area contributed by atoms with E-state index in [0.717, 1.165) is 24.1 Å². The third-order valence-electron chi connectivity index (χ3n) is 2.91. The molecule has 0 aliphatic rings. The maximum Gasteiger partial charge on any atom is 0.251 e. The van der Waals surface area contributed by atoms with Gasteiger partial charge in [0.1, 0.15) is 0 Å². The first-order valence-electron chi connectivity index (χ1n) is 7.20. The molecule has 0 aliphatic heterocycles. The second kappa shape index (κ2) is 8.52. The van der Waals surface area contributed by atoms with Crippen LogP contribution in [0.25, 0.3) is 6.08 Å². The van der Waals surface area contributed by atoms with Gasteiger partial charge in [-0.15, -0.1) is 0 Å². The van der Waals surface area contributed by atoms with Crippen LogP contribution in [-0.4, -0.2) is 12.5 Å². The molecule has 0 saturated heterocycles. The highest BCUT2D eigenvalue weighted by Gasteiger charge is 2.03. The quantitative estimate of drug-likeness (QED) is 0.728. The van der Waals surface area contributed by atoms with Gasteiger partial charge in [0.2, 0.25) is 0 Å². The number of rotatable bonds is 7. The number of amides is 1. The first-order chi connectivity index (χ1) is 9.13. The van der Waals surface area contributed by atoms with Crippen molar-refractivity contribution in [2.24, 2.45) is 5.92 Å². The Morgan fingerprint density at radius 2 is 1.89 bits per heavy atom. The van der Waals surface area contributed by atoms with Crippen LogP contribution in [0.1, 0.15) is 56.0 Å². The molecule has 1 rings (SSSR count). The molecule has 1 amide bonds. The summed E-state index contributed by atoms with van der Waals surface area (Å²) in [5.74, 6) is 0.567. The van der Waals surface area contributed by atoms with E-state index < -0.39 is 0 Å². The standard InChI is InChI=1S/C17H25NO/c1-4-5-6-13-18-17(19)16-11-9-15(10-12-16)8-7-14(2)3/h7-12,14H,4-6,13H2,1-3H3,(H,18,19). The van der Waals surface area contributed by atoms with Crippen LogP contribution >= 0.6 is 0 Å². The van der Waals surface area contributed by atoms with Gasteiger partial charge in [-0.05, 0) is 30.0 Å². The van der Waals surface area contributed by atoms with E-state index in [9.17, 15) is 4.79 Å². The largest absolute Gasteiger partial charge is 0.352 e. The number of unbranched alkanes of at least 4 members (excludes halogenated alkanes) is 2. The van der Waals surface area contributed by atoms with Crippen LogP contribution in [0.2, 0.25) is 0 Å². The lowest BCUT2D eigenvalue weighted by Crippen LogP contribution is -2.24. The van der Waals surface area contributed by atoms with Crippen molar-refractivity contribution < 1.29 is 4.79 Å². The third-order valence-corrected chi connectivity index (χ3v) is 2.91. The van der Waals surface area contributed by atoms with Crippen molar-refractivity contribution in [1.29, 1.82) is 0 Å². The lowest BCUT2D eigenvalue weighted by atomic mass is 10.1. The highest BCUT2D eigenvalue weighted by Crippen LogP contribution is 2.08. The Balaban J connectivity index is 2.49. The van der Waals surface area contributed by atoms with E-state index >= 15 is 0 Å². The maximum absolute atomic E-state index is 11.9. The molecule has 0 atom stereocenters. The van der Waals surface area contributed by atoms with Crippen molar-refractivity contribution in [3.05, 3.63) is 41.5 Å². The van der Waals surface area contributed by atoms with Gasteiger partial charge in [0, 0.05) is 12.1 Å². The highest BCUT2D eigenvalue weighted by atomic mass is 16.1. The molecule has 0 radical (unpaired) electrons. The topological polar surface area (TPSA) is 29.1 Å². The van der Waals surface area contributed by atoms with Gasteiger partial charge in [0.15, 0.2) is 0 Å². The molecular weight excluding hydrogens is 234 g/mol. The van der Waals surface area contributed by atoms with Gasteiger partial charge in [-0.2, -0.15) is 0 Å². The van der Waals surface area contributed by atoms with Gasteiger partial charge in [0.25, 0.3) is 5.91 Å². The van der Waals surface area contributed by atoms with Gasteiger partial charge in [-0.25, -0.2) is 0 Å². The monoisotopic (exact) mass is 259 g/mol. The number of hydrogen-bond acceptors (Lipinski definition) is 1. The number of carbonyl (C=O) groups is 1. The lowest BCUT2D eigenvalue weighted by Gasteiger charge is -2.05. The first kappa shape index (κ1) is 15.5. The fraction of sp³-hybridized carbons (Fsp3) is 0.471. The Morgan fingerprint density at radius 3 is 2.47 bits per heavy atom. The predicted molar refractivity (Wildman–Crippen MR) is 82.2 cm³/mol. The summed E-state index contributed by atoms with van der Waals surface area (Å²) in [6.07, 6.45) is 7.64. The summed E-state index contributed by atoms with van der Waals surface area (Å²) in [5, 5.41) is 2.95. The van der Waals surface area contributed by atoms with E-state index in [1.165, 1.54) is 12.8 Å². The van der Waals surface area contributed by atoms with Crippen molar-refractivity contribution >= 4 is 12.0 Å². The molecular formula is C17H25NO. The predicted octanol–water partition coefficient (Wildman–Crippen LogP) is 4.28. The Bertz CT molecular complexity index is 404. The van der Waals surface area contributed by atoms with Gasteiger partial charge >= 0.3 is 0 Å². The summed E-state index contributed by atoms with van der Waals surface area (Å²) in [6.45, 7) is 7.22. The number of carbonyl (C=O) groups excluding carboxylic acids is 1. The number of hydrogen-bond donors (Lipinski definition) is 1. The van der Waals surface area contributed by atoms with Crippen molar-refractivity contribution in [2.45, 2.75) is 40.0 Å². The van der Waals surface area contributed by atoms with E-state index in [-0.39, 0.29) is 5.91 Å². The molecule has 104 valence electrons. The van der Waals surface area contributed by atoms with Crippen LogP contribution < -0.4 is 5.32 Å². The summed E-state index contributed by atoms with van der Waals surface area (Å²) >= 11 is 0. The molecule has 1 aromatic rings.